The lowest BCUT2D eigenvalue weighted by Gasteiger charge is -2.32. The summed E-state index contributed by atoms with van der Waals surface area (Å²) >= 11 is 3.48. The molecule has 2 rings (SSSR count). The highest BCUT2D eigenvalue weighted by atomic mass is 79.9. The van der Waals surface area contributed by atoms with Crippen LogP contribution >= 0.6 is 15.9 Å². The molecule has 1 heterocycles. The van der Waals surface area contributed by atoms with Crippen LogP contribution in [-0.2, 0) is 4.74 Å². The molecular weight excluding hydrogens is 308 g/mol. The van der Waals surface area contributed by atoms with Crippen molar-refractivity contribution in [3.05, 3.63) is 22.7 Å². The van der Waals surface area contributed by atoms with Gasteiger partial charge in [0, 0.05) is 24.1 Å². The molecule has 1 aromatic rings. The average Bonchev–Trinajstić information content (AvgIpc) is 2.45. The first-order valence-electron chi connectivity index (χ1n) is 6.64. The molecule has 106 valence electrons. The number of nitrogens with one attached hydrogen (secondary N) is 1. The maximum absolute atomic E-state index is 5.78. The van der Waals surface area contributed by atoms with Crippen molar-refractivity contribution in [2.24, 2.45) is 0 Å². The van der Waals surface area contributed by atoms with E-state index in [1.54, 1.807) is 7.11 Å². The molecule has 0 spiro atoms. The highest BCUT2D eigenvalue weighted by Crippen LogP contribution is 2.27. The molecule has 1 aliphatic rings. The smallest absolute Gasteiger partial charge is 0.142 e. The van der Waals surface area contributed by atoms with Crippen LogP contribution in [0.3, 0.4) is 0 Å². The fourth-order valence-electron chi connectivity index (χ4n) is 2.23. The van der Waals surface area contributed by atoms with E-state index in [1.807, 2.05) is 18.2 Å². The zero-order chi connectivity index (χ0) is 13.7. The van der Waals surface area contributed by atoms with Crippen LogP contribution < -0.4 is 10.1 Å². The van der Waals surface area contributed by atoms with Gasteiger partial charge in [-0.1, -0.05) is 22.9 Å². The van der Waals surface area contributed by atoms with Crippen molar-refractivity contribution >= 4 is 21.6 Å². The average molecular weight is 329 g/mol. The van der Waals surface area contributed by atoms with Gasteiger partial charge in [0.15, 0.2) is 0 Å². The van der Waals surface area contributed by atoms with Crippen LogP contribution in [0.5, 0.6) is 5.75 Å². The van der Waals surface area contributed by atoms with Crippen LogP contribution in [0.4, 0.5) is 5.69 Å². The summed E-state index contributed by atoms with van der Waals surface area (Å²) in [5.74, 6) is 0.853. The minimum Gasteiger partial charge on any atom is -0.495 e. The minimum atomic E-state index is 0.234. The summed E-state index contributed by atoms with van der Waals surface area (Å²) in [5.41, 5.74) is 0.995. The maximum Gasteiger partial charge on any atom is 0.142 e. The Morgan fingerprint density at radius 3 is 3.11 bits per heavy atom. The zero-order valence-electron chi connectivity index (χ0n) is 11.5. The molecule has 4 nitrogen and oxygen atoms in total. The van der Waals surface area contributed by atoms with Crippen LogP contribution in [0.2, 0.25) is 0 Å². The molecular formula is C14H21BrN2O2. The van der Waals surface area contributed by atoms with Gasteiger partial charge >= 0.3 is 0 Å². The Balaban J connectivity index is 1.92. The first kappa shape index (κ1) is 14.6. The summed E-state index contributed by atoms with van der Waals surface area (Å²) < 4.78 is 12.2. The topological polar surface area (TPSA) is 33.7 Å². The van der Waals surface area contributed by atoms with Gasteiger partial charge in [0.2, 0.25) is 0 Å². The molecule has 1 N–H and O–H groups in total. The Hall–Kier alpha value is -0.780. The van der Waals surface area contributed by atoms with Crippen LogP contribution in [0.25, 0.3) is 0 Å². The van der Waals surface area contributed by atoms with Crippen molar-refractivity contribution < 1.29 is 9.47 Å². The van der Waals surface area contributed by atoms with Gasteiger partial charge in [-0.2, -0.15) is 0 Å². The van der Waals surface area contributed by atoms with E-state index in [0.717, 1.165) is 48.7 Å². The van der Waals surface area contributed by atoms with E-state index in [4.69, 9.17) is 9.47 Å². The van der Waals surface area contributed by atoms with E-state index in [1.165, 1.54) is 0 Å². The fraction of sp³-hybridized carbons (Fsp3) is 0.571. The molecule has 19 heavy (non-hydrogen) atoms. The van der Waals surface area contributed by atoms with Crippen LogP contribution in [0, 0.1) is 0 Å². The van der Waals surface area contributed by atoms with Crippen molar-refractivity contribution in [2.45, 2.75) is 13.0 Å². The summed E-state index contributed by atoms with van der Waals surface area (Å²) in [7, 11) is 1.68. The molecule has 0 aromatic heterocycles. The van der Waals surface area contributed by atoms with Crippen LogP contribution in [-0.4, -0.2) is 50.9 Å². The van der Waals surface area contributed by atoms with Gasteiger partial charge < -0.3 is 14.8 Å². The third kappa shape index (κ3) is 4.09. The van der Waals surface area contributed by atoms with Crippen molar-refractivity contribution in [2.75, 3.05) is 45.2 Å². The van der Waals surface area contributed by atoms with Gasteiger partial charge in [-0.05, 0) is 24.7 Å². The van der Waals surface area contributed by atoms with Crippen molar-refractivity contribution in [1.29, 1.82) is 0 Å². The quantitative estimate of drug-likeness (QED) is 0.900. The first-order valence-corrected chi connectivity index (χ1v) is 7.43. The van der Waals surface area contributed by atoms with Gasteiger partial charge in [0.25, 0.3) is 0 Å². The van der Waals surface area contributed by atoms with E-state index < -0.39 is 0 Å². The number of halogens is 1. The second kappa shape index (κ2) is 7.12. The summed E-state index contributed by atoms with van der Waals surface area (Å²) in [6.45, 7) is 6.90. The number of nitrogens with zero attached hydrogens (tertiary/aromatic N) is 1. The van der Waals surface area contributed by atoms with Gasteiger partial charge in [0.05, 0.1) is 25.5 Å². The number of benzene rings is 1. The lowest BCUT2D eigenvalue weighted by atomic mass is 10.2. The first-order chi connectivity index (χ1) is 9.22. The Kier molecular flexibility index (Phi) is 5.48. The normalized spacial score (nSPS) is 20.3. The molecule has 1 unspecified atom stereocenters. The summed E-state index contributed by atoms with van der Waals surface area (Å²) in [6.07, 6.45) is 0.234. The third-order valence-corrected chi connectivity index (χ3v) is 3.85. The molecule has 0 amide bonds. The van der Waals surface area contributed by atoms with E-state index >= 15 is 0 Å². The second-order valence-electron chi connectivity index (χ2n) is 4.61. The van der Waals surface area contributed by atoms with E-state index in [9.17, 15) is 0 Å². The fourth-order valence-corrected chi connectivity index (χ4v) is 2.59. The number of hydrogen-bond donors (Lipinski definition) is 1. The molecule has 1 aromatic carbocycles. The number of methoxy groups -OCH3 is 1. The molecule has 0 saturated carbocycles. The maximum atomic E-state index is 5.78. The molecule has 1 saturated heterocycles. The molecule has 0 aliphatic carbocycles. The minimum absolute atomic E-state index is 0.234. The molecule has 0 radical (unpaired) electrons. The van der Waals surface area contributed by atoms with Gasteiger partial charge in [-0.25, -0.2) is 0 Å². The molecule has 1 atom stereocenters. The highest BCUT2D eigenvalue weighted by Gasteiger charge is 2.19. The summed E-state index contributed by atoms with van der Waals surface area (Å²) in [4.78, 5) is 2.41. The van der Waals surface area contributed by atoms with Crippen LogP contribution in [0.15, 0.2) is 22.7 Å². The van der Waals surface area contributed by atoms with E-state index in [-0.39, 0.29) is 6.10 Å². The lowest BCUT2D eigenvalue weighted by Crippen LogP contribution is -2.45. The number of anilines is 1. The molecule has 0 bridgehead atoms. The highest BCUT2D eigenvalue weighted by molar-refractivity contribution is 9.10. The Morgan fingerprint density at radius 1 is 1.53 bits per heavy atom. The van der Waals surface area contributed by atoms with Gasteiger partial charge in [-0.15, -0.1) is 0 Å². The SMILES string of the molecule is CCN1CCOC(CNc2cc(Br)ccc2OC)C1. The molecule has 5 heteroatoms. The predicted octanol–water partition coefficient (Wildman–Crippen LogP) is 2.59. The predicted molar refractivity (Wildman–Crippen MR) is 81.0 cm³/mol. The van der Waals surface area contributed by atoms with Gasteiger partial charge in [-0.3, -0.25) is 4.90 Å². The number of ether oxygens (including phenoxy) is 2. The third-order valence-electron chi connectivity index (χ3n) is 3.35. The number of rotatable bonds is 5. The van der Waals surface area contributed by atoms with Crippen LogP contribution in [0.1, 0.15) is 6.92 Å². The largest absolute Gasteiger partial charge is 0.495 e. The second-order valence-corrected chi connectivity index (χ2v) is 5.53. The number of morpholine rings is 1. The van der Waals surface area contributed by atoms with Crippen molar-refractivity contribution in [1.82, 2.24) is 4.90 Å². The van der Waals surface area contributed by atoms with E-state index in [2.05, 4.69) is 33.1 Å². The van der Waals surface area contributed by atoms with Crippen molar-refractivity contribution in [3.63, 3.8) is 0 Å². The van der Waals surface area contributed by atoms with Gasteiger partial charge in [0.1, 0.15) is 5.75 Å². The summed E-state index contributed by atoms with van der Waals surface area (Å²) in [6, 6.07) is 5.95. The Bertz CT molecular complexity index is 414. The number of hydrogen-bond acceptors (Lipinski definition) is 4. The lowest BCUT2D eigenvalue weighted by molar-refractivity contribution is -0.0191. The van der Waals surface area contributed by atoms with Crippen molar-refractivity contribution in [3.8, 4) is 5.75 Å². The summed E-state index contributed by atoms with van der Waals surface area (Å²) in [5, 5.41) is 3.41. The molecule has 1 fully saturated rings. The monoisotopic (exact) mass is 328 g/mol. The Morgan fingerprint density at radius 2 is 2.37 bits per heavy atom. The zero-order valence-corrected chi connectivity index (χ0v) is 13.1. The number of likely N-dealkylation sites (N-methyl/N-ethyl adjacent to an activating group) is 1. The standard InChI is InChI=1S/C14H21BrN2O2/c1-3-17-6-7-19-12(10-17)9-16-13-8-11(15)4-5-14(13)18-2/h4-5,8,12,16H,3,6-7,9-10H2,1-2H3. The Labute approximate surface area is 123 Å². The molecule has 1 aliphatic heterocycles. The van der Waals surface area contributed by atoms with E-state index in [0.29, 0.717) is 0 Å².